The number of fused-ring (bicyclic) bond motifs is 1. The number of para-hydroxylation sites is 3. The van der Waals surface area contributed by atoms with E-state index in [0.29, 0.717) is 44.8 Å². The molecule has 0 unspecified atom stereocenters. The van der Waals surface area contributed by atoms with Crippen molar-refractivity contribution >= 4 is 38.9 Å². The first-order chi connectivity index (χ1) is 17.9. The Kier molecular flexibility index (Phi) is 7.17. The Morgan fingerprint density at radius 3 is 2.32 bits per heavy atom. The predicted molar refractivity (Wildman–Crippen MR) is 143 cm³/mol. The Balaban J connectivity index is 1.19. The van der Waals surface area contributed by atoms with Crippen molar-refractivity contribution in [2.75, 3.05) is 55.6 Å². The quantitative estimate of drug-likeness (QED) is 0.452. The van der Waals surface area contributed by atoms with Crippen molar-refractivity contribution in [1.29, 1.82) is 0 Å². The summed E-state index contributed by atoms with van der Waals surface area (Å²) in [4.78, 5) is 16.8. The van der Waals surface area contributed by atoms with Gasteiger partial charge in [-0.25, -0.2) is 8.42 Å². The number of benzene rings is 3. The second-order valence-electron chi connectivity index (χ2n) is 8.88. The van der Waals surface area contributed by atoms with Crippen LogP contribution in [0, 0.1) is 0 Å². The lowest BCUT2D eigenvalue weighted by Crippen LogP contribution is -2.50. The first-order valence-electron chi connectivity index (χ1n) is 12.1. The number of nitrogens with zero attached hydrogens (tertiary/aromatic N) is 3. The summed E-state index contributed by atoms with van der Waals surface area (Å²) in [6.07, 6.45) is 0.666. The van der Waals surface area contributed by atoms with E-state index in [1.807, 2.05) is 42.5 Å². The summed E-state index contributed by atoms with van der Waals surface area (Å²) < 4.78 is 39.1. The van der Waals surface area contributed by atoms with E-state index in [1.165, 1.54) is 22.5 Å². The molecule has 3 aromatic carbocycles. The summed E-state index contributed by atoms with van der Waals surface area (Å²) in [5.41, 5.74) is 2.70. The third kappa shape index (κ3) is 5.06. The van der Waals surface area contributed by atoms with Crippen LogP contribution in [-0.4, -0.2) is 65.7 Å². The molecule has 2 aliphatic heterocycles. The number of hydrogen-bond acceptors (Lipinski definition) is 6. The Hall–Kier alpha value is -3.43. The smallest absolute Gasteiger partial charge is 0.264 e. The molecule has 0 saturated carbocycles. The molecule has 10 heteroatoms. The highest BCUT2D eigenvalue weighted by Gasteiger charge is 2.31. The number of piperazine rings is 1. The molecule has 0 aliphatic carbocycles. The van der Waals surface area contributed by atoms with Gasteiger partial charge in [-0.3, -0.25) is 9.10 Å². The highest BCUT2D eigenvalue weighted by Crippen LogP contribution is 2.35. The minimum Gasteiger partial charge on any atom is -0.495 e. The summed E-state index contributed by atoms with van der Waals surface area (Å²) in [6, 6.07) is 19.6. The van der Waals surface area contributed by atoms with Crippen molar-refractivity contribution in [2.45, 2.75) is 11.3 Å². The SMILES string of the molecule is COc1ccccc1N1CCN(C(=O)COc2ccc(S(=O)(=O)N3CCc4ccccc43)cc2Cl)CC1. The van der Waals surface area contributed by atoms with Crippen LogP contribution in [-0.2, 0) is 21.2 Å². The zero-order chi connectivity index (χ0) is 26.0. The van der Waals surface area contributed by atoms with E-state index in [9.17, 15) is 13.2 Å². The highest BCUT2D eigenvalue weighted by molar-refractivity contribution is 7.92. The number of methoxy groups -OCH3 is 1. The Morgan fingerprint density at radius 1 is 0.892 bits per heavy atom. The second kappa shape index (κ2) is 10.5. The van der Waals surface area contributed by atoms with Gasteiger partial charge >= 0.3 is 0 Å². The van der Waals surface area contributed by atoms with Crippen molar-refractivity contribution < 1.29 is 22.7 Å². The molecule has 1 amide bonds. The topological polar surface area (TPSA) is 79.4 Å². The average Bonchev–Trinajstić information content (AvgIpc) is 3.37. The molecule has 5 rings (SSSR count). The van der Waals surface area contributed by atoms with Gasteiger partial charge in [-0.15, -0.1) is 0 Å². The monoisotopic (exact) mass is 541 g/mol. The molecule has 1 saturated heterocycles. The van der Waals surface area contributed by atoms with Crippen LogP contribution in [0.1, 0.15) is 5.56 Å². The third-order valence-electron chi connectivity index (χ3n) is 6.75. The lowest BCUT2D eigenvalue weighted by molar-refractivity contribution is -0.133. The molecule has 8 nitrogen and oxygen atoms in total. The summed E-state index contributed by atoms with van der Waals surface area (Å²) in [7, 11) is -2.12. The first kappa shape index (κ1) is 25.2. The molecule has 194 valence electrons. The van der Waals surface area contributed by atoms with Gasteiger partial charge in [0.05, 0.1) is 28.4 Å². The number of sulfonamides is 1. The number of carbonyl (C=O) groups excluding carboxylic acids is 1. The van der Waals surface area contributed by atoms with E-state index in [1.54, 1.807) is 18.1 Å². The van der Waals surface area contributed by atoms with Gasteiger partial charge in [-0.1, -0.05) is 41.9 Å². The Bertz CT molecular complexity index is 1410. The normalized spacial score (nSPS) is 15.5. The molecule has 0 radical (unpaired) electrons. The van der Waals surface area contributed by atoms with Crippen LogP contribution >= 0.6 is 11.6 Å². The zero-order valence-corrected chi connectivity index (χ0v) is 22.0. The van der Waals surface area contributed by atoms with Gasteiger partial charge in [0.25, 0.3) is 15.9 Å². The molecule has 3 aromatic rings. The summed E-state index contributed by atoms with van der Waals surface area (Å²) in [5, 5.41) is 0.141. The number of halogens is 1. The molecule has 1 fully saturated rings. The largest absolute Gasteiger partial charge is 0.495 e. The van der Waals surface area contributed by atoms with E-state index in [2.05, 4.69) is 4.90 Å². The van der Waals surface area contributed by atoms with Crippen molar-refractivity contribution in [1.82, 2.24) is 4.90 Å². The molecular formula is C27H28ClN3O5S. The minimum absolute atomic E-state index is 0.0836. The Labute approximate surface area is 222 Å². The maximum Gasteiger partial charge on any atom is 0.264 e. The molecule has 0 atom stereocenters. The maximum atomic E-state index is 13.3. The van der Waals surface area contributed by atoms with Crippen LogP contribution in [0.2, 0.25) is 5.02 Å². The third-order valence-corrected chi connectivity index (χ3v) is 8.85. The van der Waals surface area contributed by atoms with Crippen LogP contribution in [0.4, 0.5) is 11.4 Å². The molecular weight excluding hydrogens is 514 g/mol. The van der Waals surface area contributed by atoms with Crippen molar-refractivity contribution in [2.24, 2.45) is 0 Å². The van der Waals surface area contributed by atoms with Gasteiger partial charge in [0.2, 0.25) is 0 Å². The lowest BCUT2D eigenvalue weighted by Gasteiger charge is -2.36. The average molecular weight is 542 g/mol. The minimum atomic E-state index is -3.77. The van der Waals surface area contributed by atoms with Crippen LogP contribution in [0.15, 0.2) is 71.6 Å². The van der Waals surface area contributed by atoms with Crippen molar-refractivity contribution in [3.05, 3.63) is 77.3 Å². The maximum absolute atomic E-state index is 13.3. The molecule has 0 aromatic heterocycles. The fourth-order valence-corrected chi connectivity index (χ4v) is 6.59. The van der Waals surface area contributed by atoms with Gasteiger partial charge in [0.1, 0.15) is 11.5 Å². The van der Waals surface area contributed by atoms with Crippen molar-refractivity contribution in [3.8, 4) is 11.5 Å². The van der Waals surface area contributed by atoms with E-state index in [0.717, 1.165) is 17.0 Å². The molecule has 2 heterocycles. The van der Waals surface area contributed by atoms with Crippen LogP contribution in [0.3, 0.4) is 0 Å². The van der Waals surface area contributed by atoms with E-state index >= 15 is 0 Å². The summed E-state index contributed by atoms with van der Waals surface area (Å²) in [5.74, 6) is 0.921. The van der Waals surface area contributed by atoms with Gasteiger partial charge in [-0.05, 0) is 48.4 Å². The van der Waals surface area contributed by atoms with E-state index in [4.69, 9.17) is 21.1 Å². The molecule has 0 spiro atoms. The second-order valence-corrected chi connectivity index (χ2v) is 11.1. The Morgan fingerprint density at radius 2 is 1.59 bits per heavy atom. The fourth-order valence-electron chi connectivity index (χ4n) is 4.76. The first-order valence-corrected chi connectivity index (χ1v) is 13.9. The number of ether oxygens (including phenoxy) is 2. The zero-order valence-electron chi connectivity index (χ0n) is 20.5. The number of hydrogen-bond donors (Lipinski definition) is 0. The molecule has 0 N–H and O–H groups in total. The molecule has 2 aliphatic rings. The van der Waals surface area contributed by atoms with E-state index < -0.39 is 10.0 Å². The van der Waals surface area contributed by atoms with Gasteiger partial charge in [-0.2, -0.15) is 0 Å². The van der Waals surface area contributed by atoms with Gasteiger partial charge < -0.3 is 19.3 Å². The fraction of sp³-hybridized carbons (Fsp3) is 0.296. The van der Waals surface area contributed by atoms with Crippen LogP contribution < -0.4 is 18.7 Å². The summed E-state index contributed by atoms with van der Waals surface area (Å²) >= 11 is 6.38. The van der Waals surface area contributed by atoms with Crippen LogP contribution in [0.25, 0.3) is 0 Å². The lowest BCUT2D eigenvalue weighted by atomic mass is 10.2. The number of amides is 1. The van der Waals surface area contributed by atoms with E-state index in [-0.39, 0.29) is 28.2 Å². The predicted octanol–water partition coefficient (Wildman–Crippen LogP) is 3.83. The molecule has 37 heavy (non-hydrogen) atoms. The number of rotatable bonds is 7. The molecule has 0 bridgehead atoms. The van der Waals surface area contributed by atoms with Crippen LogP contribution in [0.5, 0.6) is 11.5 Å². The highest BCUT2D eigenvalue weighted by atomic mass is 35.5. The number of carbonyl (C=O) groups is 1. The standard InChI is InChI=1S/C27H28ClN3O5S/c1-35-26-9-5-4-8-24(26)29-14-16-30(17-15-29)27(32)19-36-25-11-10-21(18-22(25)28)37(33,34)31-13-12-20-6-2-3-7-23(20)31/h2-11,18H,12-17,19H2,1H3. The van der Waals surface area contributed by atoms with Gasteiger partial charge in [0.15, 0.2) is 6.61 Å². The van der Waals surface area contributed by atoms with Crippen molar-refractivity contribution in [3.63, 3.8) is 0 Å². The number of anilines is 2. The summed E-state index contributed by atoms with van der Waals surface area (Å²) in [6.45, 7) is 2.68. The van der Waals surface area contributed by atoms with Gasteiger partial charge in [0, 0.05) is 32.7 Å².